The lowest BCUT2D eigenvalue weighted by molar-refractivity contribution is -0.135. The zero-order chi connectivity index (χ0) is 15.3. The van der Waals surface area contributed by atoms with Crippen molar-refractivity contribution in [3.05, 3.63) is 22.7 Å². The molecule has 4 nitrogen and oxygen atoms in total. The van der Waals surface area contributed by atoms with Crippen LogP contribution < -0.4 is 5.32 Å². The number of alkyl halides is 3. The minimum Gasteiger partial charge on any atom is -0.351 e. The highest BCUT2D eigenvalue weighted by Crippen LogP contribution is 2.21. The zero-order valence-corrected chi connectivity index (χ0v) is 11.8. The molecule has 0 unspecified atom stereocenters. The average Bonchev–Trinajstić information content (AvgIpc) is 2.33. The highest BCUT2D eigenvalue weighted by molar-refractivity contribution is 6.33. The first-order valence-electron chi connectivity index (χ1n) is 6.08. The van der Waals surface area contributed by atoms with Crippen molar-refractivity contribution in [3.63, 3.8) is 0 Å². The molecule has 1 amide bonds. The third kappa shape index (κ3) is 5.32. The van der Waals surface area contributed by atoms with E-state index in [1.165, 1.54) is 6.20 Å². The molecule has 0 radical (unpaired) electrons. The van der Waals surface area contributed by atoms with E-state index < -0.39 is 18.5 Å². The fourth-order valence-electron chi connectivity index (χ4n) is 1.39. The van der Waals surface area contributed by atoms with Gasteiger partial charge in [-0.25, -0.2) is 9.97 Å². The molecule has 1 aromatic rings. The van der Waals surface area contributed by atoms with E-state index in [0.29, 0.717) is 5.82 Å². The third-order valence-corrected chi connectivity index (χ3v) is 2.69. The smallest absolute Gasteiger partial charge is 0.351 e. The summed E-state index contributed by atoms with van der Waals surface area (Å²) in [6, 6.07) is 0. The Kier molecular flexibility index (Phi) is 5.74. The molecule has 1 heterocycles. The highest BCUT2D eigenvalue weighted by atomic mass is 35.5. The molecule has 1 rings (SSSR count). The number of nitrogens with zero attached hydrogens (tertiary/aromatic N) is 2. The predicted octanol–water partition coefficient (Wildman–Crippen LogP) is 3.33. The van der Waals surface area contributed by atoms with Gasteiger partial charge in [-0.1, -0.05) is 25.4 Å². The van der Waals surface area contributed by atoms with Crippen LogP contribution in [0.3, 0.4) is 0 Å². The Hall–Kier alpha value is -1.37. The predicted molar refractivity (Wildman–Crippen MR) is 68.8 cm³/mol. The fourth-order valence-corrected chi connectivity index (χ4v) is 1.57. The monoisotopic (exact) mass is 309 g/mol. The van der Waals surface area contributed by atoms with Gasteiger partial charge in [0.05, 0.1) is 11.2 Å². The molecule has 0 saturated heterocycles. The summed E-state index contributed by atoms with van der Waals surface area (Å²) >= 11 is 5.82. The summed E-state index contributed by atoms with van der Waals surface area (Å²) in [5.74, 6) is -0.125. The van der Waals surface area contributed by atoms with Gasteiger partial charge in [0.2, 0.25) is 0 Å². The van der Waals surface area contributed by atoms with Gasteiger partial charge in [-0.15, -0.1) is 0 Å². The zero-order valence-electron chi connectivity index (χ0n) is 11.1. The van der Waals surface area contributed by atoms with Gasteiger partial charge in [0, 0.05) is 18.9 Å². The van der Waals surface area contributed by atoms with Crippen LogP contribution in [0.15, 0.2) is 6.20 Å². The van der Waals surface area contributed by atoms with Crippen molar-refractivity contribution in [2.75, 3.05) is 6.54 Å². The highest BCUT2D eigenvalue weighted by Gasteiger charge is 2.26. The van der Waals surface area contributed by atoms with E-state index in [2.05, 4.69) is 15.3 Å². The van der Waals surface area contributed by atoms with Gasteiger partial charge in [-0.3, -0.25) is 4.79 Å². The lowest BCUT2D eigenvalue weighted by Gasteiger charge is -2.09. The van der Waals surface area contributed by atoms with Gasteiger partial charge in [-0.05, 0) is 6.42 Å². The molecule has 1 N–H and O–H groups in total. The first-order chi connectivity index (χ1) is 9.20. The Labute approximate surface area is 119 Å². The molecular formula is C12H15ClF3N3O. The van der Waals surface area contributed by atoms with Gasteiger partial charge in [0.25, 0.3) is 5.91 Å². The second-order valence-corrected chi connectivity index (χ2v) is 4.96. The number of amides is 1. The molecular weight excluding hydrogens is 295 g/mol. The van der Waals surface area contributed by atoms with Crippen LogP contribution in [0.4, 0.5) is 13.2 Å². The summed E-state index contributed by atoms with van der Waals surface area (Å²) in [6.45, 7) is 3.62. The van der Waals surface area contributed by atoms with Crippen molar-refractivity contribution in [3.8, 4) is 0 Å². The molecule has 1 aromatic heterocycles. The van der Waals surface area contributed by atoms with E-state index in [0.717, 1.165) is 0 Å². The molecule has 0 fully saturated rings. The Morgan fingerprint density at radius 2 is 2.10 bits per heavy atom. The first-order valence-corrected chi connectivity index (χ1v) is 6.46. The van der Waals surface area contributed by atoms with Gasteiger partial charge < -0.3 is 5.32 Å². The maximum Gasteiger partial charge on any atom is 0.389 e. The number of aromatic nitrogens is 2. The van der Waals surface area contributed by atoms with E-state index in [1.807, 2.05) is 13.8 Å². The Morgan fingerprint density at radius 3 is 2.65 bits per heavy atom. The molecule has 8 heteroatoms. The van der Waals surface area contributed by atoms with Crippen molar-refractivity contribution in [1.82, 2.24) is 15.3 Å². The first kappa shape index (κ1) is 16.7. The Morgan fingerprint density at radius 1 is 1.45 bits per heavy atom. The standard InChI is InChI=1S/C12H15ClF3N3O/c1-7(2)10-18-6-8(13)9(19-10)11(20)17-5-3-4-12(14,15)16/h6-7H,3-5H2,1-2H3,(H,17,20). The number of carbonyl (C=O) groups is 1. The van der Waals surface area contributed by atoms with E-state index >= 15 is 0 Å². The van der Waals surface area contributed by atoms with Crippen LogP contribution in [-0.2, 0) is 0 Å². The minimum atomic E-state index is -4.22. The van der Waals surface area contributed by atoms with Crippen LogP contribution in [0.2, 0.25) is 5.02 Å². The van der Waals surface area contributed by atoms with Crippen molar-refractivity contribution in [1.29, 1.82) is 0 Å². The lowest BCUT2D eigenvalue weighted by Crippen LogP contribution is -2.27. The number of hydrogen-bond acceptors (Lipinski definition) is 3. The van der Waals surface area contributed by atoms with Gasteiger partial charge in [0.1, 0.15) is 11.5 Å². The van der Waals surface area contributed by atoms with Crippen LogP contribution in [-0.4, -0.2) is 28.6 Å². The van der Waals surface area contributed by atoms with Crippen molar-refractivity contribution >= 4 is 17.5 Å². The number of halogens is 4. The topological polar surface area (TPSA) is 54.9 Å². The van der Waals surface area contributed by atoms with Crippen LogP contribution in [0.5, 0.6) is 0 Å². The average molecular weight is 310 g/mol. The molecule has 0 aliphatic heterocycles. The second kappa shape index (κ2) is 6.88. The van der Waals surface area contributed by atoms with Crippen LogP contribution in [0.1, 0.15) is 48.9 Å². The molecule has 0 aromatic carbocycles. The van der Waals surface area contributed by atoms with E-state index in [9.17, 15) is 18.0 Å². The summed E-state index contributed by atoms with van der Waals surface area (Å²) in [6.07, 6.45) is -4.03. The summed E-state index contributed by atoms with van der Waals surface area (Å²) in [5.41, 5.74) is -0.0163. The second-order valence-electron chi connectivity index (χ2n) is 4.55. The van der Waals surface area contributed by atoms with E-state index in [4.69, 9.17) is 11.6 Å². The summed E-state index contributed by atoms with van der Waals surface area (Å²) in [7, 11) is 0. The Balaban J connectivity index is 2.61. The van der Waals surface area contributed by atoms with Gasteiger partial charge in [-0.2, -0.15) is 13.2 Å². The molecule has 112 valence electrons. The number of hydrogen-bond donors (Lipinski definition) is 1. The van der Waals surface area contributed by atoms with E-state index in [-0.39, 0.29) is 29.6 Å². The third-order valence-electron chi connectivity index (χ3n) is 2.42. The van der Waals surface area contributed by atoms with E-state index in [1.54, 1.807) is 0 Å². The van der Waals surface area contributed by atoms with Crippen LogP contribution in [0, 0.1) is 0 Å². The van der Waals surface area contributed by atoms with Crippen molar-refractivity contribution in [2.45, 2.75) is 38.8 Å². The molecule has 0 saturated carbocycles. The Bertz CT molecular complexity index is 478. The quantitative estimate of drug-likeness (QED) is 0.849. The van der Waals surface area contributed by atoms with Crippen LogP contribution >= 0.6 is 11.6 Å². The minimum absolute atomic E-state index is 0.0163. The maximum absolute atomic E-state index is 12.0. The maximum atomic E-state index is 12.0. The lowest BCUT2D eigenvalue weighted by atomic mass is 10.2. The molecule has 0 bridgehead atoms. The largest absolute Gasteiger partial charge is 0.389 e. The summed E-state index contributed by atoms with van der Waals surface area (Å²) in [5, 5.41) is 2.44. The van der Waals surface area contributed by atoms with Crippen molar-refractivity contribution in [2.24, 2.45) is 0 Å². The SMILES string of the molecule is CC(C)c1ncc(Cl)c(C(=O)NCCCC(F)(F)F)n1. The van der Waals surface area contributed by atoms with Gasteiger partial charge >= 0.3 is 6.18 Å². The summed E-state index contributed by atoms with van der Waals surface area (Å²) in [4.78, 5) is 19.8. The number of rotatable bonds is 5. The molecule has 0 aliphatic carbocycles. The molecule has 0 atom stereocenters. The summed E-state index contributed by atoms with van der Waals surface area (Å²) < 4.78 is 35.9. The normalized spacial score (nSPS) is 11.8. The fraction of sp³-hybridized carbons (Fsp3) is 0.583. The molecule has 20 heavy (non-hydrogen) atoms. The number of carbonyl (C=O) groups excluding carboxylic acids is 1. The van der Waals surface area contributed by atoms with Crippen LogP contribution in [0.25, 0.3) is 0 Å². The van der Waals surface area contributed by atoms with Crippen molar-refractivity contribution < 1.29 is 18.0 Å². The van der Waals surface area contributed by atoms with Gasteiger partial charge in [0.15, 0.2) is 0 Å². The number of nitrogens with one attached hydrogen (secondary N) is 1. The molecule has 0 spiro atoms. The molecule has 0 aliphatic rings.